The first-order valence-corrected chi connectivity index (χ1v) is 8.95. The van der Waals surface area contributed by atoms with Crippen LogP contribution < -0.4 is 26.1 Å². The Balaban J connectivity index is 1.37. The maximum Gasteiger partial charge on any atom is 0.261 e. The maximum absolute atomic E-state index is 12.4. The fraction of sp³-hybridized carbons (Fsp3) is 0.368. The summed E-state index contributed by atoms with van der Waals surface area (Å²) >= 11 is 0. The lowest BCUT2D eigenvalue weighted by atomic mass is 10.2. The summed E-state index contributed by atoms with van der Waals surface area (Å²) in [6.45, 7) is 2.86. The van der Waals surface area contributed by atoms with Gasteiger partial charge in [-0.25, -0.2) is 0 Å². The number of pyridine rings is 1. The summed E-state index contributed by atoms with van der Waals surface area (Å²) in [5.74, 6) is 0.935. The van der Waals surface area contributed by atoms with Crippen LogP contribution in [0.15, 0.2) is 35.1 Å². The topological polar surface area (TPSA) is 110 Å². The Morgan fingerprint density at radius 2 is 2.11 bits per heavy atom. The molecule has 2 aromatic rings. The van der Waals surface area contributed by atoms with Crippen LogP contribution in [0.3, 0.4) is 0 Å². The van der Waals surface area contributed by atoms with Gasteiger partial charge in [-0.05, 0) is 36.2 Å². The summed E-state index contributed by atoms with van der Waals surface area (Å²) in [6, 6.07) is 9.01. The number of ether oxygens (including phenoxy) is 2. The SMILES string of the molecule is N[C@@H]1CCN(Cc2ccc(C(=O)NCc3ccc4c(c3)OCO4)c(=O)[nH]2)C1. The van der Waals surface area contributed by atoms with Crippen LogP contribution in [0.1, 0.15) is 28.0 Å². The molecule has 142 valence electrons. The summed E-state index contributed by atoms with van der Waals surface area (Å²) in [6.07, 6.45) is 0.963. The first-order chi connectivity index (χ1) is 13.1. The first kappa shape index (κ1) is 17.6. The molecule has 0 spiro atoms. The molecule has 8 heteroatoms. The zero-order valence-corrected chi connectivity index (χ0v) is 14.9. The first-order valence-electron chi connectivity index (χ1n) is 8.95. The molecule has 8 nitrogen and oxygen atoms in total. The second-order valence-corrected chi connectivity index (χ2v) is 6.88. The van der Waals surface area contributed by atoms with Gasteiger partial charge in [0.1, 0.15) is 5.56 Å². The Hall–Kier alpha value is -2.84. The van der Waals surface area contributed by atoms with Gasteiger partial charge in [-0.2, -0.15) is 0 Å². The van der Waals surface area contributed by atoms with Crippen LogP contribution in [0.5, 0.6) is 11.5 Å². The van der Waals surface area contributed by atoms with E-state index in [1.165, 1.54) is 0 Å². The van der Waals surface area contributed by atoms with Crippen molar-refractivity contribution in [3.05, 3.63) is 57.5 Å². The molecule has 0 radical (unpaired) electrons. The van der Waals surface area contributed by atoms with Gasteiger partial charge in [0, 0.05) is 37.9 Å². The third-order valence-corrected chi connectivity index (χ3v) is 4.81. The van der Waals surface area contributed by atoms with Crippen molar-refractivity contribution in [1.29, 1.82) is 0 Å². The molecule has 1 saturated heterocycles. The van der Waals surface area contributed by atoms with E-state index in [2.05, 4.69) is 15.2 Å². The van der Waals surface area contributed by atoms with Crippen molar-refractivity contribution in [2.45, 2.75) is 25.6 Å². The zero-order valence-electron chi connectivity index (χ0n) is 14.9. The number of hydrogen-bond donors (Lipinski definition) is 3. The number of nitrogens with one attached hydrogen (secondary N) is 2. The Morgan fingerprint density at radius 1 is 1.26 bits per heavy atom. The largest absolute Gasteiger partial charge is 0.454 e. The third-order valence-electron chi connectivity index (χ3n) is 4.81. The molecule has 27 heavy (non-hydrogen) atoms. The minimum Gasteiger partial charge on any atom is -0.454 e. The van der Waals surface area contributed by atoms with E-state index in [1.807, 2.05) is 12.1 Å². The van der Waals surface area contributed by atoms with E-state index >= 15 is 0 Å². The number of hydrogen-bond acceptors (Lipinski definition) is 6. The summed E-state index contributed by atoms with van der Waals surface area (Å²) in [5, 5.41) is 2.76. The van der Waals surface area contributed by atoms with E-state index in [0.29, 0.717) is 24.6 Å². The van der Waals surface area contributed by atoms with Crippen LogP contribution in [0, 0.1) is 0 Å². The highest BCUT2D eigenvalue weighted by Crippen LogP contribution is 2.32. The predicted molar refractivity (Wildman–Crippen MR) is 98.7 cm³/mol. The number of amides is 1. The molecule has 1 aromatic heterocycles. The van der Waals surface area contributed by atoms with Gasteiger partial charge >= 0.3 is 0 Å². The van der Waals surface area contributed by atoms with Crippen LogP contribution in [0.25, 0.3) is 0 Å². The molecular weight excluding hydrogens is 348 g/mol. The predicted octanol–water partition coefficient (Wildman–Crippen LogP) is 0.567. The summed E-state index contributed by atoms with van der Waals surface area (Å²) in [7, 11) is 0. The smallest absolute Gasteiger partial charge is 0.261 e. The Kier molecular flexibility index (Phi) is 4.83. The van der Waals surface area contributed by atoms with Gasteiger partial charge in [-0.15, -0.1) is 0 Å². The summed E-state index contributed by atoms with van der Waals surface area (Å²) in [4.78, 5) is 29.6. The minimum atomic E-state index is -0.413. The standard InChI is InChI=1S/C19H22N4O4/c20-13-5-6-23(9-13)10-14-2-3-15(19(25)22-14)18(24)21-8-12-1-4-16-17(7-12)27-11-26-16/h1-4,7,13H,5-6,8-11,20H2,(H,21,24)(H,22,25)/t13-/m1/s1. The molecule has 0 bridgehead atoms. The van der Waals surface area contributed by atoms with Crippen molar-refractivity contribution < 1.29 is 14.3 Å². The quantitative estimate of drug-likeness (QED) is 0.710. The molecule has 2 aliphatic rings. The number of nitrogens with two attached hydrogens (primary N) is 1. The molecule has 4 N–H and O–H groups in total. The second-order valence-electron chi connectivity index (χ2n) is 6.88. The molecule has 0 aliphatic carbocycles. The number of likely N-dealkylation sites (tertiary alicyclic amines) is 1. The minimum absolute atomic E-state index is 0.0950. The number of nitrogens with zero attached hydrogens (tertiary/aromatic N) is 1. The van der Waals surface area contributed by atoms with Gasteiger partial charge in [0.05, 0.1) is 0 Å². The van der Waals surface area contributed by atoms with E-state index in [4.69, 9.17) is 15.2 Å². The normalized spacial score (nSPS) is 18.6. The highest BCUT2D eigenvalue weighted by molar-refractivity contribution is 5.93. The number of rotatable bonds is 5. The fourth-order valence-corrected chi connectivity index (χ4v) is 3.36. The third kappa shape index (κ3) is 3.96. The van der Waals surface area contributed by atoms with E-state index in [9.17, 15) is 9.59 Å². The summed E-state index contributed by atoms with van der Waals surface area (Å²) in [5.41, 5.74) is 7.25. The lowest BCUT2D eigenvalue weighted by Crippen LogP contribution is -2.31. The molecule has 4 rings (SSSR count). The van der Waals surface area contributed by atoms with Crippen molar-refractivity contribution in [3.8, 4) is 11.5 Å². The number of aromatic amines is 1. The molecule has 1 fully saturated rings. The van der Waals surface area contributed by atoms with Crippen molar-refractivity contribution in [3.63, 3.8) is 0 Å². The van der Waals surface area contributed by atoms with Crippen LogP contribution in [0.4, 0.5) is 0 Å². The highest BCUT2D eigenvalue weighted by Gasteiger charge is 2.20. The van der Waals surface area contributed by atoms with E-state index in [1.54, 1.807) is 18.2 Å². The van der Waals surface area contributed by atoms with Crippen LogP contribution in [-0.2, 0) is 13.1 Å². The van der Waals surface area contributed by atoms with Crippen molar-refractivity contribution in [2.24, 2.45) is 5.73 Å². The molecule has 0 saturated carbocycles. The van der Waals surface area contributed by atoms with Gasteiger partial charge < -0.3 is 25.5 Å². The van der Waals surface area contributed by atoms with Gasteiger partial charge in [-0.1, -0.05) is 6.07 Å². The van der Waals surface area contributed by atoms with Crippen LogP contribution >= 0.6 is 0 Å². The molecule has 1 atom stereocenters. The second kappa shape index (κ2) is 7.42. The van der Waals surface area contributed by atoms with Crippen molar-refractivity contribution in [2.75, 3.05) is 19.9 Å². The molecule has 1 aromatic carbocycles. The lowest BCUT2D eigenvalue weighted by Gasteiger charge is -2.15. The molecule has 1 amide bonds. The number of benzene rings is 1. The Morgan fingerprint density at radius 3 is 2.89 bits per heavy atom. The van der Waals surface area contributed by atoms with Gasteiger partial charge in [0.15, 0.2) is 11.5 Å². The fourth-order valence-electron chi connectivity index (χ4n) is 3.36. The van der Waals surface area contributed by atoms with Gasteiger partial charge in [0.25, 0.3) is 11.5 Å². The maximum atomic E-state index is 12.4. The average Bonchev–Trinajstić information content (AvgIpc) is 3.28. The van der Waals surface area contributed by atoms with E-state index < -0.39 is 5.91 Å². The monoisotopic (exact) mass is 370 g/mol. The number of carbonyl (C=O) groups excluding carboxylic acids is 1. The van der Waals surface area contributed by atoms with Crippen molar-refractivity contribution in [1.82, 2.24) is 15.2 Å². The van der Waals surface area contributed by atoms with Crippen LogP contribution in [-0.4, -0.2) is 41.7 Å². The lowest BCUT2D eigenvalue weighted by molar-refractivity contribution is 0.0949. The number of carbonyl (C=O) groups is 1. The van der Waals surface area contributed by atoms with Gasteiger partial charge in [-0.3, -0.25) is 14.5 Å². The number of H-pyrrole nitrogens is 1. The molecule has 0 unspecified atom stereocenters. The zero-order chi connectivity index (χ0) is 18.8. The summed E-state index contributed by atoms with van der Waals surface area (Å²) < 4.78 is 10.6. The van der Waals surface area contributed by atoms with Gasteiger partial charge in [0.2, 0.25) is 6.79 Å². The van der Waals surface area contributed by atoms with E-state index in [0.717, 1.165) is 30.8 Å². The average molecular weight is 370 g/mol. The Labute approximate surface area is 156 Å². The number of fused-ring (bicyclic) bond motifs is 1. The van der Waals surface area contributed by atoms with Crippen molar-refractivity contribution >= 4 is 5.91 Å². The highest BCUT2D eigenvalue weighted by atomic mass is 16.7. The van der Waals surface area contributed by atoms with Crippen LogP contribution in [0.2, 0.25) is 0 Å². The molecular formula is C19H22N4O4. The number of aromatic nitrogens is 1. The van der Waals surface area contributed by atoms with E-state index in [-0.39, 0.29) is 24.0 Å². The molecule has 2 aliphatic heterocycles. The Bertz CT molecular complexity index is 911. The molecule has 3 heterocycles.